The highest BCUT2D eigenvalue weighted by Crippen LogP contribution is 2.59. The predicted octanol–water partition coefficient (Wildman–Crippen LogP) is 9.08. The highest BCUT2D eigenvalue weighted by atomic mass is 32.2. The Balaban J connectivity index is 1.20. The molecule has 0 unspecified atom stereocenters. The van der Waals surface area contributed by atoms with Crippen LogP contribution in [0.2, 0.25) is 0 Å². The highest BCUT2D eigenvalue weighted by Gasteiger charge is 2.57. The maximum Gasteiger partial charge on any atom is 0.514 e. The molecule has 0 atom stereocenters. The molecule has 1 aromatic heterocycles. The summed E-state index contributed by atoms with van der Waals surface area (Å²) in [5, 5.41) is 2.64. The van der Waals surface area contributed by atoms with Crippen molar-refractivity contribution in [3.8, 4) is 10.6 Å². The van der Waals surface area contributed by atoms with Gasteiger partial charge in [-0.15, -0.1) is 0 Å². The average molecular weight is 498 g/mol. The lowest BCUT2D eigenvalue weighted by molar-refractivity contribution is -0.169. The summed E-state index contributed by atoms with van der Waals surface area (Å²) in [4.78, 5) is 14.4. The molecule has 4 fully saturated rings. The quantitative estimate of drug-likeness (QED) is 0.161. The molecule has 4 saturated carbocycles. The van der Waals surface area contributed by atoms with Gasteiger partial charge in [-0.2, -0.15) is 0 Å². The first-order valence-corrected chi connectivity index (χ1v) is 14.6. The van der Waals surface area contributed by atoms with Crippen molar-refractivity contribution < 1.29 is 14.3 Å². The minimum absolute atomic E-state index is 0.169. The summed E-state index contributed by atoms with van der Waals surface area (Å²) < 4.78 is 14.9. The Morgan fingerprint density at radius 3 is 1.83 bits per heavy atom. The van der Waals surface area contributed by atoms with Gasteiger partial charge in [0.15, 0.2) is 14.3 Å². The molecule has 184 valence electrons. The van der Waals surface area contributed by atoms with Crippen molar-refractivity contribution in [3.63, 3.8) is 0 Å². The van der Waals surface area contributed by atoms with E-state index in [9.17, 15) is 4.79 Å². The molecule has 0 saturated heterocycles. The second kappa shape index (κ2) is 8.08. The molecule has 0 N–H and O–H groups in total. The Morgan fingerprint density at radius 1 is 0.806 bits per heavy atom. The van der Waals surface area contributed by atoms with Crippen LogP contribution in [-0.2, 0) is 4.74 Å². The summed E-state index contributed by atoms with van der Waals surface area (Å²) in [6, 6.07) is 21.8. The van der Waals surface area contributed by atoms with E-state index in [0.717, 1.165) is 23.0 Å². The minimum atomic E-state index is -0.539. The molecule has 36 heavy (non-hydrogen) atoms. The zero-order valence-electron chi connectivity index (χ0n) is 21.3. The molecule has 4 aromatic rings. The van der Waals surface area contributed by atoms with Crippen molar-refractivity contribution in [1.82, 2.24) is 0 Å². The van der Waals surface area contributed by atoms with Crippen molar-refractivity contribution in [3.05, 3.63) is 71.8 Å². The summed E-state index contributed by atoms with van der Waals surface area (Å²) in [7, 11) is -0.169. The molecule has 0 spiro atoms. The summed E-state index contributed by atoms with van der Waals surface area (Å²) in [6.45, 7) is 6.25. The van der Waals surface area contributed by atoms with Gasteiger partial charge in [-0.05, 0) is 112 Å². The first-order valence-electron chi connectivity index (χ1n) is 13.4. The van der Waals surface area contributed by atoms with Crippen molar-refractivity contribution in [1.29, 1.82) is 0 Å². The van der Waals surface area contributed by atoms with E-state index in [1.54, 1.807) is 0 Å². The average Bonchev–Trinajstić information content (AvgIpc) is 3.19. The molecule has 4 aliphatic carbocycles. The molecular formula is C32H33O3S+. The maximum absolute atomic E-state index is 13.1. The third kappa shape index (κ3) is 3.33. The van der Waals surface area contributed by atoms with Gasteiger partial charge < -0.3 is 9.47 Å². The van der Waals surface area contributed by atoms with Crippen molar-refractivity contribution in [2.75, 3.05) is 0 Å². The summed E-state index contributed by atoms with van der Waals surface area (Å²) in [6.07, 6.45) is 5.66. The number of rotatable bonds is 3. The Kier molecular flexibility index (Phi) is 5.02. The van der Waals surface area contributed by atoms with Gasteiger partial charge in [0.25, 0.3) is 0 Å². The molecular weight excluding hydrogens is 464 g/mol. The number of fused-ring (bicyclic) bond motifs is 3. The van der Waals surface area contributed by atoms with Crippen LogP contribution in [0.5, 0.6) is 5.75 Å². The SMILES string of the molecule is Cc1cc(-[s+]2c3ccccc3c3ccccc32)cc(C)c1OC(=O)OC1(C)C2CC3CC(C2)CC1C3. The van der Waals surface area contributed by atoms with Gasteiger partial charge in [-0.1, -0.05) is 24.3 Å². The summed E-state index contributed by atoms with van der Waals surface area (Å²) >= 11 is 0. The second-order valence-corrected chi connectivity index (χ2v) is 13.6. The van der Waals surface area contributed by atoms with Gasteiger partial charge in [-0.3, -0.25) is 0 Å². The lowest BCUT2D eigenvalue weighted by atomic mass is 9.50. The fraction of sp³-hybridized carbons (Fsp3) is 0.406. The number of hydrogen-bond donors (Lipinski definition) is 0. The molecule has 8 rings (SSSR count). The summed E-state index contributed by atoms with van der Waals surface area (Å²) in [5.74, 6) is 3.28. The monoisotopic (exact) mass is 497 g/mol. The van der Waals surface area contributed by atoms with Crippen LogP contribution >= 0.6 is 10.5 Å². The van der Waals surface area contributed by atoms with Gasteiger partial charge in [0.2, 0.25) is 0 Å². The van der Waals surface area contributed by atoms with Crippen molar-refractivity contribution >= 4 is 36.8 Å². The van der Waals surface area contributed by atoms with Crippen LogP contribution in [0.1, 0.15) is 50.2 Å². The Labute approximate surface area is 215 Å². The molecule has 0 amide bonds. The van der Waals surface area contributed by atoms with E-state index in [-0.39, 0.29) is 16.1 Å². The van der Waals surface area contributed by atoms with E-state index in [2.05, 4.69) is 67.6 Å². The first-order chi connectivity index (χ1) is 17.4. The van der Waals surface area contributed by atoms with Gasteiger partial charge >= 0.3 is 6.16 Å². The van der Waals surface area contributed by atoms with Gasteiger partial charge in [0, 0.05) is 33.4 Å². The largest absolute Gasteiger partial charge is 0.514 e. The number of carbonyl (C=O) groups excluding carboxylic acids is 1. The van der Waals surface area contributed by atoms with Crippen LogP contribution in [0.4, 0.5) is 4.79 Å². The number of thiophene rings is 1. The lowest BCUT2D eigenvalue weighted by Gasteiger charge is -2.58. The van der Waals surface area contributed by atoms with Crippen LogP contribution in [0.15, 0.2) is 60.7 Å². The third-order valence-electron chi connectivity index (χ3n) is 9.42. The fourth-order valence-electron chi connectivity index (χ4n) is 7.87. The minimum Gasteiger partial charge on any atom is -0.427 e. The van der Waals surface area contributed by atoms with E-state index in [4.69, 9.17) is 9.47 Å². The van der Waals surface area contributed by atoms with Crippen LogP contribution in [-0.4, -0.2) is 11.8 Å². The van der Waals surface area contributed by atoms with Crippen LogP contribution in [0, 0.1) is 37.5 Å². The number of ether oxygens (including phenoxy) is 2. The number of aryl methyl sites for hydroxylation is 2. The fourth-order valence-corrected chi connectivity index (χ4v) is 10.4. The zero-order chi connectivity index (χ0) is 24.6. The Bertz CT molecular complexity index is 1410. The van der Waals surface area contributed by atoms with Crippen molar-refractivity contribution in [2.24, 2.45) is 23.7 Å². The number of benzene rings is 3. The predicted molar refractivity (Wildman–Crippen MR) is 147 cm³/mol. The molecule has 4 aliphatic rings. The smallest absolute Gasteiger partial charge is 0.427 e. The van der Waals surface area contributed by atoms with E-state index < -0.39 is 6.16 Å². The topological polar surface area (TPSA) is 35.5 Å². The number of carbonyl (C=O) groups is 1. The Hall–Kier alpha value is -2.85. The third-order valence-corrected chi connectivity index (χ3v) is 11.7. The molecule has 4 bridgehead atoms. The summed E-state index contributed by atoms with van der Waals surface area (Å²) in [5.41, 5.74) is 1.57. The molecule has 0 aliphatic heterocycles. The molecule has 1 heterocycles. The standard InChI is InChI=1S/C32H33O3S/c1-19-12-25(36-28-10-6-4-8-26(28)27-9-5-7-11-29(27)36)13-20(2)30(19)34-31(33)35-32(3)23-15-21-14-22(17-23)18-24(32)16-21/h4-13,21-24H,14-18H2,1-3H3/q+1. The van der Waals surface area contributed by atoms with Gasteiger partial charge in [-0.25, -0.2) is 4.79 Å². The van der Waals surface area contributed by atoms with E-state index >= 15 is 0 Å². The van der Waals surface area contributed by atoms with E-state index in [1.807, 2.05) is 13.8 Å². The highest BCUT2D eigenvalue weighted by molar-refractivity contribution is 7.50. The van der Waals surface area contributed by atoms with E-state index in [0.29, 0.717) is 17.6 Å². The van der Waals surface area contributed by atoms with Crippen LogP contribution < -0.4 is 4.74 Å². The molecule has 4 heteroatoms. The second-order valence-electron chi connectivity index (χ2n) is 11.6. The lowest BCUT2D eigenvalue weighted by Crippen LogP contribution is -2.58. The number of hydrogen-bond acceptors (Lipinski definition) is 3. The van der Waals surface area contributed by atoms with Crippen LogP contribution in [0.3, 0.4) is 0 Å². The normalized spacial score (nSPS) is 28.6. The zero-order valence-corrected chi connectivity index (χ0v) is 22.1. The Morgan fingerprint density at radius 2 is 1.31 bits per heavy atom. The molecule has 3 aromatic carbocycles. The van der Waals surface area contributed by atoms with Gasteiger partial charge in [0.05, 0.1) is 0 Å². The maximum atomic E-state index is 13.1. The van der Waals surface area contributed by atoms with E-state index in [1.165, 1.54) is 57.2 Å². The van der Waals surface area contributed by atoms with Gasteiger partial charge in [0.1, 0.15) is 11.4 Å². The first kappa shape index (κ1) is 22.4. The molecule has 0 radical (unpaired) electrons. The van der Waals surface area contributed by atoms with Crippen LogP contribution in [0.25, 0.3) is 25.1 Å². The molecule has 3 nitrogen and oxygen atoms in total. The van der Waals surface area contributed by atoms with Crippen molar-refractivity contribution in [2.45, 2.75) is 58.5 Å².